The Labute approximate surface area is 287 Å². The van der Waals surface area contributed by atoms with E-state index in [0.717, 1.165) is 5.01 Å². The van der Waals surface area contributed by atoms with E-state index in [4.69, 9.17) is 21.1 Å². The zero-order valence-electron chi connectivity index (χ0n) is 27.1. The number of halogens is 2. The lowest BCUT2D eigenvalue weighted by Gasteiger charge is -2.51. The fourth-order valence-corrected chi connectivity index (χ4v) is 8.81. The number of phenols is 1. The number of allylic oxidation sites excluding steroid dienone is 2. The number of ether oxygens (including phenoxy) is 2. The van der Waals surface area contributed by atoms with Gasteiger partial charge >= 0.3 is 0 Å². The molecule has 0 unspecified atom stereocenters. The lowest BCUT2D eigenvalue weighted by Crippen LogP contribution is -2.53. The van der Waals surface area contributed by atoms with Gasteiger partial charge in [0.1, 0.15) is 23.1 Å². The molecule has 10 nitrogen and oxygen atoms in total. The van der Waals surface area contributed by atoms with Crippen LogP contribution in [-0.2, 0) is 24.6 Å². The number of benzene rings is 3. The molecule has 3 fully saturated rings. The van der Waals surface area contributed by atoms with Crippen molar-refractivity contribution in [3.63, 3.8) is 0 Å². The van der Waals surface area contributed by atoms with Crippen LogP contribution in [0, 0.1) is 29.5 Å². The van der Waals surface area contributed by atoms with Crippen molar-refractivity contribution in [2.24, 2.45) is 23.7 Å². The highest BCUT2D eigenvalue weighted by Crippen LogP contribution is 2.66. The number of hydrogen-bond acceptors (Lipinski definition) is 8. The Hall–Kier alpha value is -4.90. The van der Waals surface area contributed by atoms with Gasteiger partial charge in [0.15, 0.2) is 0 Å². The zero-order valence-corrected chi connectivity index (χ0v) is 27.9. The van der Waals surface area contributed by atoms with Crippen molar-refractivity contribution in [1.29, 1.82) is 0 Å². The molecule has 0 radical (unpaired) electrons. The molecule has 6 atom stereocenters. The van der Waals surface area contributed by atoms with Crippen molar-refractivity contribution in [2.45, 2.75) is 37.5 Å². The molecular formula is C37H35ClFN3O7. The maximum absolute atomic E-state index is 15.3. The number of imide groups is 2. The monoisotopic (exact) mass is 687 g/mol. The van der Waals surface area contributed by atoms with Gasteiger partial charge in [0.25, 0.3) is 11.8 Å². The fourth-order valence-electron chi connectivity index (χ4n) is 8.69. The number of phenolic OH excluding ortho intramolecular Hbond substituents is 1. The third-order valence-electron chi connectivity index (χ3n) is 10.6. The molecular weight excluding hydrogens is 653 g/mol. The molecule has 0 spiro atoms. The minimum atomic E-state index is -1.63. The zero-order chi connectivity index (χ0) is 34.8. The van der Waals surface area contributed by atoms with Crippen LogP contribution in [-0.4, -0.2) is 59.4 Å². The average Bonchev–Trinajstić information content (AvgIpc) is 3.46. The molecule has 2 saturated heterocycles. The number of nitrogens with zero attached hydrogens (tertiary/aromatic N) is 2. The van der Waals surface area contributed by atoms with Crippen LogP contribution < -0.4 is 14.9 Å². The predicted molar refractivity (Wildman–Crippen MR) is 177 cm³/mol. The number of aromatic hydroxyl groups is 1. The van der Waals surface area contributed by atoms with Crippen LogP contribution in [0.2, 0.25) is 5.02 Å². The second-order valence-corrected chi connectivity index (χ2v) is 13.4. The van der Waals surface area contributed by atoms with E-state index in [-0.39, 0.29) is 41.9 Å². The summed E-state index contributed by atoms with van der Waals surface area (Å²) in [4.78, 5) is 59.0. The largest absolute Gasteiger partial charge is 0.508 e. The summed E-state index contributed by atoms with van der Waals surface area (Å²) in [5.74, 6) is -5.75. The van der Waals surface area contributed by atoms with Gasteiger partial charge in [-0.15, -0.1) is 0 Å². The van der Waals surface area contributed by atoms with Gasteiger partial charge in [0.05, 0.1) is 43.1 Å². The summed E-state index contributed by atoms with van der Waals surface area (Å²) in [7, 11) is 2.86. The van der Waals surface area contributed by atoms with E-state index >= 15 is 4.79 Å². The fraction of sp³-hybridized carbons (Fsp3) is 0.351. The van der Waals surface area contributed by atoms with Crippen molar-refractivity contribution in [3.05, 3.63) is 94.3 Å². The molecule has 1 saturated carbocycles. The van der Waals surface area contributed by atoms with E-state index in [1.807, 2.05) is 13.0 Å². The Kier molecular flexibility index (Phi) is 8.13. The third kappa shape index (κ3) is 4.80. The first-order chi connectivity index (χ1) is 23.6. The SMILES string of the molecule is CCCN1C(=O)[C@H]2[C@H](CC=C3[C@H]2C[C@H]2C(=O)N(Nc4ccc(F)cc4)C(=O)[C@@]2(c2ccc(Cl)cc2)[C@H]3c2c(OC)cc(O)cc2OC)C1=O. The number of hydrazine groups is 1. The Balaban J connectivity index is 1.51. The molecule has 4 amide bonds. The van der Waals surface area contributed by atoms with Crippen LogP contribution in [0.15, 0.2) is 72.3 Å². The number of nitrogens with one attached hydrogen (secondary N) is 1. The van der Waals surface area contributed by atoms with Crippen molar-refractivity contribution >= 4 is 40.9 Å². The normalized spacial score (nSPS) is 27.4. The Morgan fingerprint density at radius 1 is 0.939 bits per heavy atom. The summed E-state index contributed by atoms with van der Waals surface area (Å²) in [6.07, 6.45) is 2.90. The summed E-state index contributed by atoms with van der Waals surface area (Å²) < 4.78 is 25.5. The number of rotatable bonds is 8. The van der Waals surface area contributed by atoms with E-state index in [1.165, 1.54) is 55.5 Å². The van der Waals surface area contributed by atoms with E-state index in [2.05, 4.69) is 5.43 Å². The second kappa shape index (κ2) is 12.2. The topological polar surface area (TPSA) is 125 Å². The van der Waals surface area contributed by atoms with Gasteiger partial charge in [-0.25, -0.2) is 4.39 Å². The number of carbonyl (C=O) groups is 4. The molecule has 0 bridgehead atoms. The van der Waals surface area contributed by atoms with Crippen molar-refractivity contribution in [2.75, 3.05) is 26.2 Å². The van der Waals surface area contributed by atoms with Crippen LogP contribution in [0.4, 0.5) is 10.1 Å². The maximum atomic E-state index is 15.3. The van der Waals surface area contributed by atoms with Crippen LogP contribution in [0.25, 0.3) is 0 Å². The number of methoxy groups -OCH3 is 2. The molecule has 49 heavy (non-hydrogen) atoms. The average molecular weight is 688 g/mol. The first kappa shape index (κ1) is 32.6. The minimum Gasteiger partial charge on any atom is -0.508 e. The van der Waals surface area contributed by atoms with Gasteiger partial charge in [-0.1, -0.05) is 42.3 Å². The number of fused-ring (bicyclic) bond motifs is 4. The van der Waals surface area contributed by atoms with Crippen molar-refractivity contribution in [1.82, 2.24) is 9.91 Å². The Morgan fingerprint density at radius 2 is 1.59 bits per heavy atom. The van der Waals surface area contributed by atoms with Gasteiger partial charge in [0, 0.05) is 35.2 Å². The molecule has 4 aliphatic rings. The summed E-state index contributed by atoms with van der Waals surface area (Å²) in [6, 6.07) is 14.9. The van der Waals surface area contributed by atoms with Crippen LogP contribution in [0.1, 0.15) is 43.2 Å². The lowest BCUT2D eigenvalue weighted by molar-refractivity contribution is -0.141. The van der Waals surface area contributed by atoms with E-state index in [1.54, 1.807) is 24.3 Å². The minimum absolute atomic E-state index is 0.0972. The Bertz CT molecular complexity index is 1870. The van der Waals surface area contributed by atoms with Gasteiger partial charge in [-0.05, 0) is 67.1 Å². The maximum Gasteiger partial charge on any atom is 0.260 e. The standard InChI is InChI=1S/C37H35ClFN3O7/c1-4-15-41-33(44)25-14-13-24-26(30(25)35(41)46)18-27-34(45)42(40-22-11-9-21(39)10-12-22)36(47)37(27,19-5-7-20(38)8-6-19)32(24)31-28(48-2)16-23(43)17-29(31)49-3/h5-13,16-17,25-27,30,32,40,43H,4,14-15,18H2,1-3H3/t25-,26+,27-,30-,32+,37+/m0/s1. The summed E-state index contributed by atoms with van der Waals surface area (Å²) in [6.45, 7) is 2.19. The van der Waals surface area contributed by atoms with Gasteiger partial charge in [0.2, 0.25) is 11.8 Å². The Morgan fingerprint density at radius 3 is 2.20 bits per heavy atom. The van der Waals surface area contributed by atoms with Gasteiger partial charge < -0.3 is 14.6 Å². The molecule has 254 valence electrons. The molecule has 2 aliphatic heterocycles. The predicted octanol–water partition coefficient (Wildman–Crippen LogP) is 5.60. The van der Waals surface area contributed by atoms with Gasteiger partial charge in [-0.3, -0.25) is 29.5 Å². The number of hydrogen-bond donors (Lipinski definition) is 2. The highest BCUT2D eigenvalue weighted by Gasteiger charge is 2.71. The smallest absolute Gasteiger partial charge is 0.260 e. The molecule has 3 aromatic rings. The lowest BCUT2D eigenvalue weighted by atomic mass is 9.49. The first-order valence-electron chi connectivity index (χ1n) is 16.2. The summed E-state index contributed by atoms with van der Waals surface area (Å²) in [5, 5.41) is 12.0. The molecule has 12 heteroatoms. The van der Waals surface area contributed by atoms with Gasteiger partial charge in [-0.2, -0.15) is 5.01 Å². The summed E-state index contributed by atoms with van der Waals surface area (Å²) in [5.41, 5.74) is 3.22. The van der Waals surface area contributed by atoms with Crippen LogP contribution in [0.5, 0.6) is 17.2 Å². The molecule has 3 aromatic carbocycles. The molecule has 7 rings (SSSR count). The molecule has 2 aliphatic carbocycles. The second-order valence-electron chi connectivity index (χ2n) is 13.0. The number of anilines is 1. The first-order valence-corrected chi connectivity index (χ1v) is 16.6. The third-order valence-corrected chi connectivity index (χ3v) is 10.9. The van der Waals surface area contributed by atoms with Crippen molar-refractivity contribution in [3.8, 4) is 17.2 Å². The van der Waals surface area contributed by atoms with E-state index in [0.29, 0.717) is 40.4 Å². The highest BCUT2D eigenvalue weighted by molar-refractivity contribution is 6.30. The number of amides is 4. The quantitative estimate of drug-likeness (QED) is 0.232. The molecule has 2 N–H and O–H groups in total. The number of likely N-dealkylation sites (tertiary alicyclic amines) is 1. The van der Waals surface area contributed by atoms with E-state index < -0.39 is 52.6 Å². The number of carbonyl (C=O) groups excluding carboxylic acids is 4. The molecule has 2 heterocycles. The summed E-state index contributed by atoms with van der Waals surface area (Å²) >= 11 is 6.35. The van der Waals surface area contributed by atoms with Crippen molar-refractivity contribution < 1.29 is 38.1 Å². The molecule has 0 aromatic heterocycles. The van der Waals surface area contributed by atoms with Crippen LogP contribution >= 0.6 is 11.6 Å². The van der Waals surface area contributed by atoms with Crippen LogP contribution in [0.3, 0.4) is 0 Å². The highest BCUT2D eigenvalue weighted by atomic mass is 35.5. The van der Waals surface area contributed by atoms with E-state index in [9.17, 15) is 23.9 Å².